The molecule has 3 rings (SSSR count). The summed E-state index contributed by atoms with van der Waals surface area (Å²) < 4.78 is 2.34. The number of phenolic OH excluding ortho intramolecular Hbond substituents is 2. The second kappa shape index (κ2) is 6.53. The maximum Gasteiger partial charge on any atom is 0.116 e. The molecule has 2 N–H and O–H groups in total. The Morgan fingerprint density at radius 1 is 0.913 bits per heavy atom. The monoisotopic (exact) mass is 311 g/mol. The number of rotatable bonds is 6. The van der Waals surface area contributed by atoms with Crippen LogP contribution in [0.15, 0.2) is 36.4 Å². The highest BCUT2D eigenvalue weighted by atomic mass is 16.3. The number of fused-ring (bicyclic) bond motifs is 3. The minimum absolute atomic E-state index is 0.262. The number of hydrogen-bond acceptors (Lipinski definition) is 2. The van der Waals surface area contributed by atoms with Crippen LogP contribution in [0.2, 0.25) is 0 Å². The second-order valence-electron chi connectivity index (χ2n) is 6.43. The Kier molecular flexibility index (Phi) is 4.46. The number of benzene rings is 2. The summed E-state index contributed by atoms with van der Waals surface area (Å²) in [4.78, 5) is 0. The van der Waals surface area contributed by atoms with E-state index in [9.17, 15) is 10.2 Å². The third-order valence-electron chi connectivity index (χ3n) is 4.82. The quantitative estimate of drug-likeness (QED) is 0.638. The maximum absolute atomic E-state index is 9.84. The highest BCUT2D eigenvalue weighted by Crippen LogP contribution is 2.34. The molecule has 0 spiro atoms. The number of aromatic hydroxyl groups is 2. The van der Waals surface area contributed by atoms with Gasteiger partial charge in [0, 0.05) is 28.4 Å². The molecule has 2 aromatic carbocycles. The SMILES string of the molecule is CCCCC(CC)Cn1c2ccc(O)cc2c2cc(O)ccc21. The van der Waals surface area contributed by atoms with Gasteiger partial charge in [-0.1, -0.05) is 33.1 Å². The lowest BCUT2D eigenvalue weighted by Gasteiger charge is -2.17. The van der Waals surface area contributed by atoms with Crippen molar-refractivity contribution in [3.63, 3.8) is 0 Å². The number of aromatic nitrogens is 1. The molecule has 23 heavy (non-hydrogen) atoms. The van der Waals surface area contributed by atoms with Crippen LogP contribution in [0.5, 0.6) is 11.5 Å². The van der Waals surface area contributed by atoms with Gasteiger partial charge < -0.3 is 14.8 Å². The van der Waals surface area contributed by atoms with Gasteiger partial charge in [0.15, 0.2) is 0 Å². The van der Waals surface area contributed by atoms with Crippen LogP contribution in [0.1, 0.15) is 39.5 Å². The molecular formula is C20H25NO2. The molecule has 3 nitrogen and oxygen atoms in total. The number of unbranched alkanes of at least 4 members (excludes halogenated alkanes) is 1. The molecule has 0 radical (unpaired) electrons. The zero-order valence-electron chi connectivity index (χ0n) is 13.9. The minimum Gasteiger partial charge on any atom is -0.508 e. The van der Waals surface area contributed by atoms with E-state index in [1.807, 2.05) is 12.1 Å². The second-order valence-corrected chi connectivity index (χ2v) is 6.43. The summed E-state index contributed by atoms with van der Waals surface area (Å²) in [6, 6.07) is 11.0. The summed E-state index contributed by atoms with van der Waals surface area (Å²) in [5, 5.41) is 21.7. The van der Waals surface area contributed by atoms with Gasteiger partial charge in [0.25, 0.3) is 0 Å². The highest BCUT2D eigenvalue weighted by Gasteiger charge is 2.15. The summed E-state index contributed by atoms with van der Waals surface area (Å²) in [5.41, 5.74) is 2.25. The first kappa shape index (κ1) is 15.7. The molecular weight excluding hydrogens is 286 g/mol. The molecule has 1 unspecified atom stereocenters. The first-order chi connectivity index (χ1) is 11.1. The van der Waals surface area contributed by atoms with Crippen molar-refractivity contribution in [1.82, 2.24) is 4.57 Å². The summed E-state index contributed by atoms with van der Waals surface area (Å²) in [6.07, 6.45) is 4.89. The summed E-state index contributed by atoms with van der Waals surface area (Å²) >= 11 is 0. The smallest absolute Gasteiger partial charge is 0.116 e. The molecule has 122 valence electrons. The third kappa shape index (κ3) is 3.00. The fraction of sp³-hybridized carbons (Fsp3) is 0.400. The summed E-state index contributed by atoms with van der Waals surface area (Å²) in [5.74, 6) is 1.17. The van der Waals surface area contributed by atoms with E-state index in [2.05, 4.69) is 18.4 Å². The normalized spacial score (nSPS) is 13.0. The maximum atomic E-state index is 9.84. The predicted molar refractivity (Wildman–Crippen MR) is 96.1 cm³/mol. The molecule has 0 saturated carbocycles. The van der Waals surface area contributed by atoms with Crippen molar-refractivity contribution in [2.24, 2.45) is 5.92 Å². The molecule has 0 bridgehead atoms. The van der Waals surface area contributed by atoms with E-state index in [1.165, 1.54) is 19.3 Å². The van der Waals surface area contributed by atoms with Crippen molar-refractivity contribution in [3.8, 4) is 11.5 Å². The Morgan fingerprint density at radius 2 is 1.48 bits per heavy atom. The van der Waals surface area contributed by atoms with E-state index in [1.54, 1.807) is 24.3 Å². The predicted octanol–water partition coefficient (Wildman–Crippen LogP) is 5.42. The molecule has 0 aliphatic rings. The van der Waals surface area contributed by atoms with Gasteiger partial charge in [0.1, 0.15) is 11.5 Å². The van der Waals surface area contributed by atoms with Crippen molar-refractivity contribution in [2.45, 2.75) is 46.1 Å². The van der Waals surface area contributed by atoms with E-state index < -0.39 is 0 Å². The highest BCUT2D eigenvalue weighted by molar-refractivity contribution is 6.09. The van der Waals surface area contributed by atoms with Gasteiger partial charge >= 0.3 is 0 Å². The van der Waals surface area contributed by atoms with Crippen LogP contribution in [0.4, 0.5) is 0 Å². The lowest BCUT2D eigenvalue weighted by molar-refractivity contribution is 0.401. The average molecular weight is 311 g/mol. The summed E-state index contributed by atoms with van der Waals surface area (Å²) in [6.45, 7) is 5.47. The van der Waals surface area contributed by atoms with Crippen LogP contribution in [-0.4, -0.2) is 14.8 Å². The first-order valence-corrected chi connectivity index (χ1v) is 8.58. The Hall–Kier alpha value is -2.16. The van der Waals surface area contributed by atoms with E-state index in [0.717, 1.165) is 34.8 Å². The van der Waals surface area contributed by atoms with Crippen molar-refractivity contribution >= 4 is 21.8 Å². The molecule has 1 heterocycles. The van der Waals surface area contributed by atoms with E-state index in [0.29, 0.717) is 5.92 Å². The Bertz CT molecular complexity index is 760. The number of nitrogens with zero attached hydrogens (tertiary/aromatic N) is 1. The standard InChI is InChI=1S/C20H25NO2/c1-3-5-6-14(4-2)13-21-19-9-7-15(22)11-17(19)18-12-16(23)8-10-20(18)21/h7-12,14,22-23H,3-6,13H2,1-2H3. The van der Waals surface area contributed by atoms with Crippen LogP contribution in [-0.2, 0) is 6.54 Å². The first-order valence-electron chi connectivity index (χ1n) is 8.58. The molecule has 1 aromatic heterocycles. The zero-order valence-corrected chi connectivity index (χ0v) is 13.9. The van der Waals surface area contributed by atoms with Crippen LogP contribution >= 0.6 is 0 Å². The van der Waals surface area contributed by atoms with E-state index >= 15 is 0 Å². The lowest BCUT2D eigenvalue weighted by Crippen LogP contribution is -2.10. The van der Waals surface area contributed by atoms with Gasteiger partial charge in [-0.15, -0.1) is 0 Å². The van der Waals surface area contributed by atoms with Crippen LogP contribution in [0, 0.1) is 5.92 Å². The molecule has 0 fully saturated rings. The molecule has 0 aliphatic heterocycles. The van der Waals surface area contributed by atoms with Crippen molar-refractivity contribution < 1.29 is 10.2 Å². The van der Waals surface area contributed by atoms with Gasteiger partial charge in [0.2, 0.25) is 0 Å². The van der Waals surface area contributed by atoms with Crippen LogP contribution < -0.4 is 0 Å². The molecule has 1 atom stereocenters. The topological polar surface area (TPSA) is 45.4 Å². The van der Waals surface area contributed by atoms with Crippen molar-refractivity contribution in [1.29, 1.82) is 0 Å². The average Bonchev–Trinajstić information content (AvgIpc) is 2.84. The van der Waals surface area contributed by atoms with E-state index in [-0.39, 0.29) is 11.5 Å². The van der Waals surface area contributed by atoms with Crippen molar-refractivity contribution in [3.05, 3.63) is 36.4 Å². The van der Waals surface area contributed by atoms with Gasteiger partial charge in [-0.3, -0.25) is 0 Å². The van der Waals surface area contributed by atoms with Gasteiger partial charge in [-0.2, -0.15) is 0 Å². The van der Waals surface area contributed by atoms with Gasteiger partial charge in [-0.05, 0) is 48.7 Å². The lowest BCUT2D eigenvalue weighted by atomic mass is 9.99. The van der Waals surface area contributed by atoms with Crippen molar-refractivity contribution in [2.75, 3.05) is 0 Å². The number of phenols is 2. The van der Waals surface area contributed by atoms with Gasteiger partial charge in [-0.25, -0.2) is 0 Å². The molecule has 3 heteroatoms. The Balaban J connectivity index is 2.13. The fourth-order valence-corrected chi connectivity index (χ4v) is 3.45. The van der Waals surface area contributed by atoms with Crippen LogP contribution in [0.25, 0.3) is 21.8 Å². The Labute approximate surface area is 137 Å². The molecule has 0 aliphatic carbocycles. The van der Waals surface area contributed by atoms with Crippen LogP contribution in [0.3, 0.4) is 0 Å². The van der Waals surface area contributed by atoms with Gasteiger partial charge in [0.05, 0.1) is 0 Å². The molecule has 0 amide bonds. The number of hydrogen-bond donors (Lipinski definition) is 2. The summed E-state index contributed by atoms with van der Waals surface area (Å²) in [7, 11) is 0. The largest absolute Gasteiger partial charge is 0.508 e. The fourth-order valence-electron chi connectivity index (χ4n) is 3.45. The molecule has 0 saturated heterocycles. The third-order valence-corrected chi connectivity index (χ3v) is 4.82. The Morgan fingerprint density at radius 3 is 1.96 bits per heavy atom. The molecule has 3 aromatic rings. The minimum atomic E-state index is 0.262. The van der Waals surface area contributed by atoms with E-state index in [4.69, 9.17) is 0 Å². The zero-order chi connectivity index (χ0) is 16.4.